The van der Waals surface area contributed by atoms with Crippen molar-refractivity contribution in [1.29, 1.82) is 0 Å². The number of anilines is 1. The zero-order chi connectivity index (χ0) is 11.5. The second kappa shape index (κ2) is 4.93. The molecule has 1 aromatic rings. The number of rotatable bonds is 2. The van der Waals surface area contributed by atoms with Crippen molar-refractivity contribution in [2.45, 2.75) is 32.7 Å². The second-order valence-corrected chi connectivity index (χ2v) is 5.19. The van der Waals surface area contributed by atoms with E-state index in [0.29, 0.717) is 11.0 Å². The molecule has 5 heteroatoms. The number of aryl methyl sites for hydroxylation is 1. The molecule has 0 radical (unpaired) electrons. The topological polar surface area (TPSA) is 54.0 Å². The van der Waals surface area contributed by atoms with Crippen LogP contribution in [0.1, 0.15) is 25.5 Å². The molecule has 1 aromatic heterocycles. The summed E-state index contributed by atoms with van der Waals surface area (Å²) in [5.41, 5.74) is 0.949. The van der Waals surface area contributed by atoms with Crippen molar-refractivity contribution >= 4 is 22.4 Å². The van der Waals surface area contributed by atoms with E-state index in [-0.39, 0.29) is 11.9 Å². The number of nitrogens with zero attached hydrogens (tertiary/aromatic N) is 1. The highest BCUT2D eigenvalue weighted by molar-refractivity contribution is 7.13. The number of hydrogen-bond acceptors (Lipinski definition) is 4. The molecule has 0 bridgehead atoms. The van der Waals surface area contributed by atoms with Gasteiger partial charge in [0.1, 0.15) is 0 Å². The lowest BCUT2D eigenvalue weighted by Gasteiger charge is -2.28. The van der Waals surface area contributed by atoms with Crippen molar-refractivity contribution in [2.75, 3.05) is 11.9 Å². The minimum absolute atomic E-state index is 0.0431. The van der Waals surface area contributed by atoms with Gasteiger partial charge in [0, 0.05) is 5.38 Å². The molecular weight excluding hydrogens is 222 g/mol. The number of aromatic nitrogens is 1. The lowest BCUT2D eigenvalue weighted by Crippen LogP contribution is -2.48. The van der Waals surface area contributed by atoms with Crippen molar-refractivity contribution < 1.29 is 4.79 Å². The van der Waals surface area contributed by atoms with Gasteiger partial charge in [-0.15, -0.1) is 11.3 Å². The van der Waals surface area contributed by atoms with Gasteiger partial charge in [0.25, 0.3) is 0 Å². The highest BCUT2D eigenvalue weighted by Crippen LogP contribution is 2.19. The first-order valence-electron chi connectivity index (χ1n) is 5.63. The molecule has 2 N–H and O–H groups in total. The van der Waals surface area contributed by atoms with Crippen LogP contribution in [0.15, 0.2) is 5.38 Å². The number of thiazole rings is 1. The first-order chi connectivity index (χ1) is 7.66. The molecule has 2 atom stereocenters. The maximum atomic E-state index is 12.0. The molecule has 0 aromatic carbocycles. The lowest BCUT2D eigenvalue weighted by atomic mass is 9.92. The van der Waals surface area contributed by atoms with Crippen molar-refractivity contribution in [3.8, 4) is 0 Å². The van der Waals surface area contributed by atoms with Crippen LogP contribution in [0.5, 0.6) is 0 Å². The normalized spacial score (nSPS) is 25.4. The quantitative estimate of drug-likeness (QED) is 0.827. The summed E-state index contributed by atoms with van der Waals surface area (Å²) in [7, 11) is 0. The first kappa shape index (κ1) is 11.5. The van der Waals surface area contributed by atoms with Gasteiger partial charge in [-0.2, -0.15) is 0 Å². The molecule has 4 nitrogen and oxygen atoms in total. The highest BCUT2D eigenvalue weighted by atomic mass is 32.1. The van der Waals surface area contributed by atoms with E-state index in [0.717, 1.165) is 25.1 Å². The van der Waals surface area contributed by atoms with Crippen LogP contribution in [0.4, 0.5) is 5.13 Å². The van der Waals surface area contributed by atoms with Crippen LogP contribution in [0, 0.1) is 12.8 Å². The number of piperidine rings is 1. The van der Waals surface area contributed by atoms with Gasteiger partial charge < -0.3 is 10.6 Å². The number of amides is 1. The van der Waals surface area contributed by atoms with Crippen LogP contribution in [0.2, 0.25) is 0 Å². The third-order valence-electron chi connectivity index (χ3n) is 2.90. The summed E-state index contributed by atoms with van der Waals surface area (Å²) in [4.78, 5) is 16.2. The van der Waals surface area contributed by atoms with Crippen LogP contribution < -0.4 is 10.6 Å². The molecular formula is C11H17N3OS. The van der Waals surface area contributed by atoms with E-state index in [2.05, 4.69) is 22.5 Å². The van der Waals surface area contributed by atoms with Crippen molar-refractivity contribution in [3.63, 3.8) is 0 Å². The first-order valence-corrected chi connectivity index (χ1v) is 6.51. The number of nitrogens with one attached hydrogen (secondary N) is 2. The van der Waals surface area contributed by atoms with Gasteiger partial charge in [-0.1, -0.05) is 6.92 Å². The Balaban J connectivity index is 1.96. The Labute approximate surface area is 99.5 Å². The van der Waals surface area contributed by atoms with Gasteiger partial charge in [-0.05, 0) is 32.2 Å². The average molecular weight is 239 g/mol. The molecule has 2 heterocycles. The van der Waals surface area contributed by atoms with E-state index < -0.39 is 0 Å². The summed E-state index contributed by atoms with van der Waals surface area (Å²) in [6, 6.07) is -0.0713. The molecule has 16 heavy (non-hydrogen) atoms. The molecule has 2 rings (SSSR count). The van der Waals surface area contributed by atoms with Crippen LogP contribution in [0.3, 0.4) is 0 Å². The molecule has 0 saturated carbocycles. The largest absolute Gasteiger partial charge is 0.306 e. The van der Waals surface area contributed by atoms with Crippen LogP contribution in [-0.2, 0) is 4.79 Å². The standard InChI is InChI=1S/C11H17N3OS/c1-7-4-3-5-12-9(7)10(15)14-11-13-8(2)6-16-11/h6-7,9,12H,3-5H2,1-2H3,(H,13,14,15). The number of carbonyl (C=O) groups excluding carboxylic acids is 1. The highest BCUT2D eigenvalue weighted by Gasteiger charge is 2.27. The Bertz CT molecular complexity index is 377. The zero-order valence-electron chi connectivity index (χ0n) is 9.62. The van der Waals surface area contributed by atoms with Gasteiger partial charge in [0.05, 0.1) is 11.7 Å². The summed E-state index contributed by atoms with van der Waals surface area (Å²) >= 11 is 1.47. The summed E-state index contributed by atoms with van der Waals surface area (Å²) in [5, 5.41) is 8.76. The molecule has 1 fully saturated rings. The van der Waals surface area contributed by atoms with Gasteiger partial charge in [-0.25, -0.2) is 4.98 Å². The van der Waals surface area contributed by atoms with Crippen molar-refractivity contribution in [1.82, 2.24) is 10.3 Å². The predicted octanol–water partition coefficient (Wildman–Crippen LogP) is 1.78. The Morgan fingerprint density at radius 3 is 3.12 bits per heavy atom. The molecule has 88 valence electrons. The van der Waals surface area contributed by atoms with E-state index in [1.807, 2.05) is 12.3 Å². The van der Waals surface area contributed by atoms with Gasteiger partial charge >= 0.3 is 0 Å². The summed E-state index contributed by atoms with van der Waals surface area (Å²) < 4.78 is 0. The molecule has 1 saturated heterocycles. The molecule has 1 amide bonds. The van der Waals surface area contributed by atoms with Crippen LogP contribution >= 0.6 is 11.3 Å². The maximum absolute atomic E-state index is 12.0. The third-order valence-corrected chi connectivity index (χ3v) is 3.78. The van der Waals surface area contributed by atoms with Gasteiger partial charge in [0.2, 0.25) is 5.91 Å². The van der Waals surface area contributed by atoms with E-state index in [1.165, 1.54) is 11.3 Å². The zero-order valence-corrected chi connectivity index (χ0v) is 10.4. The Morgan fingerprint density at radius 2 is 2.50 bits per heavy atom. The molecule has 0 spiro atoms. The fraction of sp³-hybridized carbons (Fsp3) is 0.636. The van der Waals surface area contributed by atoms with Crippen LogP contribution in [0.25, 0.3) is 0 Å². The van der Waals surface area contributed by atoms with E-state index in [9.17, 15) is 4.79 Å². The molecule has 1 aliphatic heterocycles. The second-order valence-electron chi connectivity index (χ2n) is 4.33. The smallest absolute Gasteiger partial charge is 0.243 e. The monoisotopic (exact) mass is 239 g/mol. The molecule has 1 aliphatic rings. The maximum Gasteiger partial charge on any atom is 0.243 e. The van der Waals surface area contributed by atoms with Crippen molar-refractivity contribution in [3.05, 3.63) is 11.1 Å². The minimum atomic E-state index is -0.0713. The SMILES string of the molecule is Cc1csc(NC(=O)C2NCCCC2C)n1. The average Bonchev–Trinajstić information content (AvgIpc) is 2.64. The Morgan fingerprint density at radius 1 is 1.69 bits per heavy atom. The third kappa shape index (κ3) is 2.59. The molecule has 0 aliphatic carbocycles. The van der Waals surface area contributed by atoms with E-state index in [1.54, 1.807) is 0 Å². The number of carbonyl (C=O) groups is 1. The fourth-order valence-corrected chi connectivity index (χ4v) is 2.69. The van der Waals surface area contributed by atoms with Gasteiger partial charge in [-0.3, -0.25) is 4.79 Å². The fourth-order valence-electron chi connectivity index (χ4n) is 2.00. The minimum Gasteiger partial charge on any atom is -0.306 e. The Kier molecular flexibility index (Phi) is 3.56. The lowest BCUT2D eigenvalue weighted by molar-refractivity contribution is -0.119. The van der Waals surface area contributed by atoms with Gasteiger partial charge in [0.15, 0.2) is 5.13 Å². The Hall–Kier alpha value is -0.940. The summed E-state index contributed by atoms with van der Waals surface area (Å²) in [5.74, 6) is 0.441. The summed E-state index contributed by atoms with van der Waals surface area (Å²) in [6.07, 6.45) is 2.27. The van der Waals surface area contributed by atoms with Crippen molar-refractivity contribution in [2.24, 2.45) is 5.92 Å². The van der Waals surface area contributed by atoms with E-state index >= 15 is 0 Å². The molecule has 2 unspecified atom stereocenters. The van der Waals surface area contributed by atoms with Crippen LogP contribution in [-0.4, -0.2) is 23.5 Å². The summed E-state index contributed by atoms with van der Waals surface area (Å²) in [6.45, 7) is 4.97. The predicted molar refractivity (Wildman–Crippen MR) is 65.7 cm³/mol. The van der Waals surface area contributed by atoms with E-state index in [4.69, 9.17) is 0 Å². The number of hydrogen-bond donors (Lipinski definition) is 2.